The zero-order valence-corrected chi connectivity index (χ0v) is 9.57. The lowest BCUT2D eigenvalue weighted by molar-refractivity contribution is -0.137. The fourth-order valence-corrected chi connectivity index (χ4v) is 1.14. The molecule has 0 radical (unpaired) electrons. The van der Waals surface area contributed by atoms with Gasteiger partial charge in [-0.25, -0.2) is 4.79 Å². The summed E-state index contributed by atoms with van der Waals surface area (Å²) in [5.41, 5.74) is 0. The van der Waals surface area contributed by atoms with Crippen molar-refractivity contribution >= 4 is 17.6 Å². The maximum Gasteiger partial charge on any atom is 0.330 e. The van der Waals surface area contributed by atoms with Crippen LogP contribution in [0.5, 0.6) is 5.75 Å². The first-order valence-electron chi connectivity index (χ1n) is 4.90. The first-order valence-corrected chi connectivity index (χ1v) is 5.27. The van der Waals surface area contributed by atoms with Crippen molar-refractivity contribution in [2.75, 3.05) is 13.2 Å². The smallest absolute Gasteiger partial charge is 0.330 e. The lowest BCUT2D eigenvalue weighted by atomic mass is 10.3. The summed E-state index contributed by atoms with van der Waals surface area (Å²) in [7, 11) is 0. The molecule has 0 N–H and O–H groups in total. The molecule has 3 nitrogen and oxygen atoms in total. The van der Waals surface area contributed by atoms with Crippen molar-refractivity contribution in [2.45, 2.75) is 6.42 Å². The van der Waals surface area contributed by atoms with Gasteiger partial charge in [0.25, 0.3) is 0 Å². The third-order valence-electron chi connectivity index (χ3n) is 1.78. The molecule has 0 fully saturated rings. The number of benzene rings is 1. The molecule has 0 amide bonds. The monoisotopic (exact) mass is 240 g/mol. The second-order valence-corrected chi connectivity index (χ2v) is 3.46. The average molecular weight is 241 g/mol. The van der Waals surface area contributed by atoms with Gasteiger partial charge in [-0.3, -0.25) is 0 Å². The van der Waals surface area contributed by atoms with Crippen LogP contribution in [0.1, 0.15) is 6.42 Å². The number of halogens is 1. The highest BCUT2D eigenvalue weighted by Gasteiger charge is 1.96. The van der Waals surface area contributed by atoms with Gasteiger partial charge in [-0.15, -0.1) is 0 Å². The van der Waals surface area contributed by atoms with Crippen LogP contribution in [0.3, 0.4) is 0 Å². The van der Waals surface area contributed by atoms with Gasteiger partial charge in [-0.1, -0.05) is 18.2 Å². The highest BCUT2D eigenvalue weighted by atomic mass is 35.5. The van der Waals surface area contributed by atoms with Crippen LogP contribution in [0.2, 0.25) is 5.02 Å². The molecule has 0 aliphatic heterocycles. The summed E-state index contributed by atoms with van der Waals surface area (Å²) in [5.74, 6) is 0.339. The quantitative estimate of drug-likeness (QED) is 0.436. The highest BCUT2D eigenvalue weighted by molar-refractivity contribution is 6.30. The van der Waals surface area contributed by atoms with Crippen LogP contribution in [0.15, 0.2) is 36.9 Å². The molecule has 86 valence electrons. The van der Waals surface area contributed by atoms with Crippen molar-refractivity contribution in [3.63, 3.8) is 0 Å². The second kappa shape index (κ2) is 6.90. The van der Waals surface area contributed by atoms with E-state index in [2.05, 4.69) is 6.58 Å². The Balaban J connectivity index is 2.14. The van der Waals surface area contributed by atoms with Crippen LogP contribution in [-0.4, -0.2) is 19.2 Å². The minimum atomic E-state index is -0.411. The molecule has 1 aromatic rings. The number of carbonyl (C=O) groups excluding carboxylic acids is 1. The van der Waals surface area contributed by atoms with Gasteiger partial charge in [0.2, 0.25) is 0 Å². The molecule has 0 aromatic heterocycles. The molecule has 0 aliphatic carbocycles. The fraction of sp³-hybridized carbons (Fsp3) is 0.250. The molecule has 0 heterocycles. The van der Waals surface area contributed by atoms with Gasteiger partial charge < -0.3 is 9.47 Å². The number of carbonyl (C=O) groups is 1. The Morgan fingerprint density at radius 3 is 2.62 bits per heavy atom. The molecule has 0 saturated carbocycles. The maximum atomic E-state index is 10.7. The Kier molecular flexibility index (Phi) is 5.43. The van der Waals surface area contributed by atoms with Gasteiger partial charge in [0, 0.05) is 17.5 Å². The van der Waals surface area contributed by atoms with E-state index in [9.17, 15) is 4.79 Å². The van der Waals surface area contributed by atoms with Crippen LogP contribution in [0, 0.1) is 0 Å². The number of esters is 1. The van der Waals surface area contributed by atoms with Crippen molar-refractivity contribution in [3.05, 3.63) is 41.9 Å². The number of ether oxygens (including phenoxy) is 2. The minimum Gasteiger partial charge on any atom is -0.493 e. The van der Waals surface area contributed by atoms with Crippen molar-refractivity contribution < 1.29 is 14.3 Å². The summed E-state index contributed by atoms with van der Waals surface area (Å²) in [6, 6.07) is 7.10. The molecule has 0 unspecified atom stereocenters. The maximum absolute atomic E-state index is 10.7. The first kappa shape index (κ1) is 12.6. The summed E-state index contributed by atoms with van der Waals surface area (Å²) in [5, 5.41) is 0.673. The predicted molar refractivity (Wildman–Crippen MR) is 62.7 cm³/mol. The van der Waals surface area contributed by atoms with Crippen molar-refractivity contribution in [1.29, 1.82) is 0 Å². The lowest BCUT2D eigenvalue weighted by Gasteiger charge is -2.06. The van der Waals surface area contributed by atoms with Crippen LogP contribution in [0.4, 0.5) is 0 Å². The number of hydrogen-bond acceptors (Lipinski definition) is 3. The standard InChI is InChI=1S/C12H13ClO3/c1-2-12(14)16-9-3-8-15-11-6-4-10(13)5-7-11/h2,4-7H,1,3,8-9H2. The van der Waals surface area contributed by atoms with Crippen molar-refractivity contribution in [1.82, 2.24) is 0 Å². The van der Waals surface area contributed by atoms with Crippen LogP contribution < -0.4 is 4.74 Å². The van der Waals surface area contributed by atoms with Crippen molar-refractivity contribution in [3.8, 4) is 5.75 Å². The van der Waals surface area contributed by atoms with Gasteiger partial charge in [-0.05, 0) is 24.3 Å². The van der Waals surface area contributed by atoms with Crippen molar-refractivity contribution in [2.24, 2.45) is 0 Å². The Labute approximate surface area is 99.6 Å². The zero-order valence-electron chi connectivity index (χ0n) is 8.82. The van der Waals surface area contributed by atoms with E-state index in [0.29, 0.717) is 24.7 Å². The average Bonchev–Trinajstić information content (AvgIpc) is 2.31. The molecule has 1 rings (SSSR count). The van der Waals surface area contributed by atoms with Gasteiger partial charge >= 0.3 is 5.97 Å². The van der Waals surface area contributed by atoms with Gasteiger partial charge in [0.05, 0.1) is 13.2 Å². The first-order chi connectivity index (χ1) is 7.72. The Bertz CT molecular complexity index is 346. The summed E-state index contributed by atoms with van der Waals surface area (Å²) >= 11 is 5.72. The number of hydrogen-bond donors (Lipinski definition) is 0. The second-order valence-electron chi connectivity index (χ2n) is 3.03. The van der Waals surface area contributed by atoms with Crippen LogP contribution >= 0.6 is 11.6 Å². The topological polar surface area (TPSA) is 35.5 Å². The SMILES string of the molecule is C=CC(=O)OCCCOc1ccc(Cl)cc1. The fourth-order valence-electron chi connectivity index (χ4n) is 1.01. The van der Waals surface area contributed by atoms with E-state index in [1.54, 1.807) is 24.3 Å². The molecule has 4 heteroatoms. The van der Waals surface area contributed by atoms with E-state index in [1.165, 1.54) is 0 Å². The van der Waals surface area contributed by atoms with E-state index in [4.69, 9.17) is 21.1 Å². The molecule has 16 heavy (non-hydrogen) atoms. The van der Waals surface area contributed by atoms with E-state index in [0.717, 1.165) is 11.8 Å². The summed E-state index contributed by atoms with van der Waals surface area (Å²) in [4.78, 5) is 10.7. The van der Waals surface area contributed by atoms with Crippen LogP contribution in [-0.2, 0) is 9.53 Å². The van der Waals surface area contributed by atoms with E-state index in [1.807, 2.05) is 0 Å². The highest BCUT2D eigenvalue weighted by Crippen LogP contribution is 2.15. The molecule has 1 aromatic carbocycles. The van der Waals surface area contributed by atoms with Gasteiger partial charge in [0.15, 0.2) is 0 Å². The molecule has 0 bridgehead atoms. The molecule has 0 spiro atoms. The van der Waals surface area contributed by atoms with Crippen LogP contribution in [0.25, 0.3) is 0 Å². The molecular weight excluding hydrogens is 228 g/mol. The molecule has 0 saturated heterocycles. The Morgan fingerprint density at radius 2 is 2.00 bits per heavy atom. The van der Waals surface area contributed by atoms with Gasteiger partial charge in [0.1, 0.15) is 5.75 Å². The Hall–Kier alpha value is -1.48. The third-order valence-corrected chi connectivity index (χ3v) is 2.03. The summed E-state index contributed by atoms with van der Waals surface area (Å²) in [6.45, 7) is 4.12. The van der Waals surface area contributed by atoms with Gasteiger partial charge in [-0.2, -0.15) is 0 Å². The normalized spacial score (nSPS) is 9.56. The minimum absolute atomic E-state index is 0.332. The predicted octanol–water partition coefficient (Wildman–Crippen LogP) is 2.84. The summed E-state index contributed by atoms with van der Waals surface area (Å²) in [6.07, 6.45) is 1.78. The molecule has 0 aliphatic rings. The summed E-state index contributed by atoms with van der Waals surface area (Å²) < 4.78 is 10.2. The molecular formula is C12H13ClO3. The lowest BCUT2D eigenvalue weighted by Crippen LogP contribution is -2.06. The third kappa shape index (κ3) is 4.84. The van der Waals surface area contributed by atoms with E-state index in [-0.39, 0.29) is 0 Å². The Morgan fingerprint density at radius 1 is 1.31 bits per heavy atom. The number of rotatable bonds is 6. The van der Waals surface area contributed by atoms with E-state index < -0.39 is 5.97 Å². The molecule has 0 atom stereocenters. The van der Waals surface area contributed by atoms with E-state index >= 15 is 0 Å². The largest absolute Gasteiger partial charge is 0.493 e. The zero-order chi connectivity index (χ0) is 11.8.